The molecular formula is C18H16N2O. The van der Waals surface area contributed by atoms with Crippen molar-refractivity contribution in [2.24, 2.45) is 0 Å². The van der Waals surface area contributed by atoms with E-state index in [1.54, 1.807) is 12.4 Å². The fourth-order valence-electron chi connectivity index (χ4n) is 2.35. The second kappa shape index (κ2) is 5.75. The average molecular weight is 276 g/mol. The van der Waals surface area contributed by atoms with E-state index in [1.165, 1.54) is 0 Å². The van der Waals surface area contributed by atoms with Crippen LogP contribution in [0.4, 0.5) is 5.69 Å². The zero-order valence-electron chi connectivity index (χ0n) is 11.8. The molecule has 3 heteroatoms. The maximum Gasteiger partial charge on any atom is 0.231 e. The van der Waals surface area contributed by atoms with Gasteiger partial charge in [0.2, 0.25) is 5.91 Å². The highest BCUT2D eigenvalue weighted by atomic mass is 16.1. The van der Waals surface area contributed by atoms with Crippen LogP contribution in [0.5, 0.6) is 0 Å². The number of nitrogens with zero attached hydrogens (tertiary/aromatic N) is 1. The third kappa shape index (κ3) is 2.77. The van der Waals surface area contributed by atoms with Crippen LogP contribution in [0.2, 0.25) is 0 Å². The van der Waals surface area contributed by atoms with Crippen molar-refractivity contribution >= 4 is 22.4 Å². The van der Waals surface area contributed by atoms with E-state index in [-0.39, 0.29) is 11.8 Å². The number of carbonyl (C=O) groups is 1. The van der Waals surface area contributed by atoms with Crippen molar-refractivity contribution in [1.82, 2.24) is 4.98 Å². The Balaban J connectivity index is 1.87. The van der Waals surface area contributed by atoms with Crippen molar-refractivity contribution in [2.75, 3.05) is 5.32 Å². The Bertz CT molecular complexity index is 763. The largest absolute Gasteiger partial charge is 0.324 e. The van der Waals surface area contributed by atoms with Crippen LogP contribution in [-0.2, 0) is 4.79 Å². The van der Waals surface area contributed by atoms with Crippen molar-refractivity contribution in [1.29, 1.82) is 0 Å². The normalized spacial score (nSPS) is 12.0. The molecule has 3 rings (SSSR count). The summed E-state index contributed by atoms with van der Waals surface area (Å²) in [6.07, 6.45) is 3.49. The number of nitrogens with one attached hydrogen (secondary N) is 1. The van der Waals surface area contributed by atoms with Gasteiger partial charge in [-0.2, -0.15) is 0 Å². The minimum absolute atomic E-state index is 0.0284. The van der Waals surface area contributed by atoms with Crippen molar-refractivity contribution in [3.8, 4) is 0 Å². The quantitative estimate of drug-likeness (QED) is 0.786. The highest BCUT2D eigenvalue weighted by molar-refractivity contribution is 6.03. The number of benzene rings is 2. The van der Waals surface area contributed by atoms with Crippen LogP contribution in [0.25, 0.3) is 10.8 Å². The zero-order chi connectivity index (χ0) is 14.7. The molecule has 0 aliphatic rings. The second-order valence-corrected chi connectivity index (χ2v) is 5.03. The van der Waals surface area contributed by atoms with Gasteiger partial charge in [-0.3, -0.25) is 9.78 Å². The van der Waals surface area contributed by atoms with Gasteiger partial charge in [0.05, 0.1) is 17.8 Å². The summed E-state index contributed by atoms with van der Waals surface area (Å²) >= 11 is 0. The Morgan fingerprint density at radius 1 is 1.00 bits per heavy atom. The Labute approximate surface area is 123 Å². The van der Waals surface area contributed by atoms with Crippen molar-refractivity contribution < 1.29 is 4.79 Å². The molecule has 1 amide bonds. The van der Waals surface area contributed by atoms with E-state index in [0.29, 0.717) is 0 Å². The Kier molecular flexibility index (Phi) is 3.65. The SMILES string of the molecule is C[C@@H](C(=O)Nc1cncc2ccccc12)c1ccccc1. The van der Waals surface area contributed by atoms with Crippen LogP contribution in [0, 0.1) is 0 Å². The summed E-state index contributed by atoms with van der Waals surface area (Å²) in [5.41, 5.74) is 1.75. The average Bonchev–Trinajstić information content (AvgIpc) is 2.55. The summed E-state index contributed by atoms with van der Waals surface area (Å²) in [4.78, 5) is 16.6. The molecule has 0 fully saturated rings. The molecule has 0 saturated heterocycles. The predicted molar refractivity (Wildman–Crippen MR) is 85.2 cm³/mol. The fourth-order valence-corrected chi connectivity index (χ4v) is 2.35. The molecule has 0 saturated carbocycles. The number of fused-ring (bicyclic) bond motifs is 1. The predicted octanol–water partition coefficient (Wildman–Crippen LogP) is 3.98. The molecule has 0 aliphatic carbocycles. The van der Waals surface area contributed by atoms with Gasteiger partial charge in [-0.25, -0.2) is 0 Å². The number of rotatable bonds is 3. The molecule has 3 aromatic rings. The summed E-state index contributed by atoms with van der Waals surface area (Å²) in [5.74, 6) is -0.232. The molecule has 1 heterocycles. The molecule has 1 N–H and O–H groups in total. The van der Waals surface area contributed by atoms with Crippen molar-refractivity contribution in [2.45, 2.75) is 12.8 Å². The number of amides is 1. The highest BCUT2D eigenvalue weighted by Crippen LogP contribution is 2.23. The van der Waals surface area contributed by atoms with Gasteiger partial charge in [-0.15, -0.1) is 0 Å². The van der Waals surface area contributed by atoms with E-state index in [0.717, 1.165) is 22.0 Å². The molecule has 0 radical (unpaired) electrons. The molecule has 0 bridgehead atoms. The molecule has 0 spiro atoms. The van der Waals surface area contributed by atoms with E-state index in [4.69, 9.17) is 0 Å². The first kappa shape index (κ1) is 13.3. The Hall–Kier alpha value is -2.68. The lowest BCUT2D eigenvalue weighted by molar-refractivity contribution is -0.117. The Morgan fingerprint density at radius 2 is 1.71 bits per heavy atom. The maximum atomic E-state index is 12.4. The number of carbonyl (C=O) groups excluding carboxylic acids is 1. The van der Waals surface area contributed by atoms with Gasteiger partial charge >= 0.3 is 0 Å². The lowest BCUT2D eigenvalue weighted by Crippen LogP contribution is -2.19. The first-order chi connectivity index (χ1) is 10.3. The minimum Gasteiger partial charge on any atom is -0.324 e. The molecule has 21 heavy (non-hydrogen) atoms. The molecule has 2 aromatic carbocycles. The van der Waals surface area contributed by atoms with Gasteiger partial charge in [-0.1, -0.05) is 54.6 Å². The van der Waals surface area contributed by atoms with E-state index >= 15 is 0 Å². The van der Waals surface area contributed by atoms with Gasteiger partial charge < -0.3 is 5.32 Å². The van der Waals surface area contributed by atoms with Crippen LogP contribution >= 0.6 is 0 Å². The maximum absolute atomic E-state index is 12.4. The standard InChI is InChI=1S/C18H16N2O/c1-13(14-7-3-2-4-8-14)18(21)20-17-12-19-11-15-9-5-6-10-16(15)17/h2-13H,1H3,(H,20,21)/t13-/m1/s1. The number of aromatic nitrogens is 1. The van der Waals surface area contributed by atoms with Crippen LogP contribution < -0.4 is 5.32 Å². The molecule has 0 aliphatic heterocycles. The lowest BCUT2D eigenvalue weighted by atomic mass is 10.0. The van der Waals surface area contributed by atoms with Gasteiger partial charge in [0.25, 0.3) is 0 Å². The van der Waals surface area contributed by atoms with Gasteiger partial charge in [0, 0.05) is 17.0 Å². The molecule has 1 atom stereocenters. The van der Waals surface area contributed by atoms with Gasteiger partial charge in [0.15, 0.2) is 0 Å². The number of hydrogen-bond donors (Lipinski definition) is 1. The zero-order valence-corrected chi connectivity index (χ0v) is 11.8. The number of pyridine rings is 1. The third-order valence-corrected chi connectivity index (χ3v) is 3.62. The smallest absolute Gasteiger partial charge is 0.231 e. The molecule has 104 valence electrons. The molecular weight excluding hydrogens is 260 g/mol. The monoisotopic (exact) mass is 276 g/mol. The minimum atomic E-state index is -0.204. The first-order valence-electron chi connectivity index (χ1n) is 6.94. The van der Waals surface area contributed by atoms with E-state index in [1.807, 2.05) is 61.5 Å². The molecule has 3 nitrogen and oxygen atoms in total. The Morgan fingerprint density at radius 3 is 2.52 bits per heavy atom. The fraction of sp³-hybridized carbons (Fsp3) is 0.111. The second-order valence-electron chi connectivity index (χ2n) is 5.03. The summed E-state index contributed by atoms with van der Waals surface area (Å²) in [7, 11) is 0. The topological polar surface area (TPSA) is 42.0 Å². The van der Waals surface area contributed by atoms with Crippen LogP contribution in [0.15, 0.2) is 67.0 Å². The van der Waals surface area contributed by atoms with Crippen molar-refractivity contribution in [3.63, 3.8) is 0 Å². The van der Waals surface area contributed by atoms with Gasteiger partial charge in [0.1, 0.15) is 0 Å². The van der Waals surface area contributed by atoms with Crippen molar-refractivity contribution in [3.05, 3.63) is 72.6 Å². The summed E-state index contributed by atoms with van der Waals surface area (Å²) in [5, 5.41) is 5.00. The molecule has 0 unspecified atom stereocenters. The van der Waals surface area contributed by atoms with Crippen LogP contribution in [0.3, 0.4) is 0 Å². The van der Waals surface area contributed by atoms with E-state index < -0.39 is 0 Å². The van der Waals surface area contributed by atoms with Crippen LogP contribution in [-0.4, -0.2) is 10.9 Å². The number of anilines is 1. The van der Waals surface area contributed by atoms with Crippen LogP contribution in [0.1, 0.15) is 18.4 Å². The summed E-state index contributed by atoms with van der Waals surface area (Å²) < 4.78 is 0. The molecule has 1 aromatic heterocycles. The van der Waals surface area contributed by atoms with Gasteiger partial charge in [-0.05, 0) is 12.5 Å². The lowest BCUT2D eigenvalue weighted by Gasteiger charge is -2.13. The number of hydrogen-bond acceptors (Lipinski definition) is 2. The third-order valence-electron chi connectivity index (χ3n) is 3.62. The summed E-state index contributed by atoms with van der Waals surface area (Å²) in [6, 6.07) is 17.6. The first-order valence-corrected chi connectivity index (χ1v) is 6.94. The summed E-state index contributed by atoms with van der Waals surface area (Å²) in [6.45, 7) is 1.91. The van der Waals surface area contributed by atoms with E-state index in [2.05, 4.69) is 10.3 Å². The highest BCUT2D eigenvalue weighted by Gasteiger charge is 2.15. The van der Waals surface area contributed by atoms with E-state index in [9.17, 15) is 4.79 Å².